The fraction of sp³-hybridized carbons (Fsp3) is 0.500. The van der Waals surface area contributed by atoms with E-state index in [2.05, 4.69) is 21.2 Å². The van der Waals surface area contributed by atoms with Gasteiger partial charge in [0.05, 0.1) is 19.2 Å². The summed E-state index contributed by atoms with van der Waals surface area (Å²) in [6.45, 7) is 3.66. The molecule has 0 saturated carbocycles. The monoisotopic (exact) mass is 362 g/mol. The first-order chi connectivity index (χ1) is 9.13. The molecular weight excluding hydrogens is 344 g/mol. The largest absolute Gasteiger partial charge is 0.370 e. The van der Waals surface area contributed by atoms with E-state index < -0.39 is 0 Å². The number of carbonyl (C=O) groups is 1. The fourth-order valence-electron chi connectivity index (χ4n) is 2.42. The minimum Gasteiger partial charge on any atom is -0.370 e. The highest BCUT2D eigenvalue weighted by Gasteiger charge is 2.32. The number of rotatable bonds is 3. The molecule has 1 saturated heterocycles. The van der Waals surface area contributed by atoms with Crippen molar-refractivity contribution in [3.05, 3.63) is 34.3 Å². The summed E-state index contributed by atoms with van der Waals surface area (Å²) >= 11 is 3.43. The van der Waals surface area contributed by atoms with E-state index in [0.717, 1.165) is 10.0 Å². The van der Waals surface area contributed by atoms with Crippen molar-refractivity contribution in [3.8, 4) is 0 Å². The second-order valence-electron chi connectivity index (χ2n) is 4.70. The summed E-state index contributed by atoms with van der Waals surface area (Å²) in [5.41, 5.74) is 1.11. The first-order valence-corrected chi connectivity index (χ1v) is 7.24. The molecule has 4 nitrogen and oxygen atoms in total. The Balaban J connectivity index is 0.00000200. The molecule has 20 heavy (non-hydrogen) atoms. The second kappa shape index (κ2) is 7.98. The highest BCUT2D eigenvalue weighted by atomic mass is 79.9. The Morgan fingerprint density at radius 2 is 2.10 bits per heavy atom. The van der Waals surface area contributed by atoms with Crippen LogP contribution in [0.1, 0.15) is 18.6 Å². The molecule has 1 N–H and O–H groups in total. The number of benzene rings is 1. The molecule has 2 unspecified atom stereocenters. The number of ether oxygens (including phenoxy) is 1. The summed E-state index contributed by atoms with van der Waals surface area (Å²) < 4.78 is 6.89. The van der Waals surface area contributed by atoms with Crippen molar-refractivity contribution >= 4 is 34.2 Å². The first-order valence-electron chi connectivity index (χ1n) is 6.44. The summed E-state index contributed by atoms with van der Waals surface area (Å²) in [6, 6.07) is 8.13. The van der Waals surface area contributed by atoms with E-state index >= 15 is 0 Å². The molecule has 6 heteroatoms. The van der Waals surface area contributed by atoms with Gasteiger partial charge in [0.25, 0.3) is 0 Å². The topological polar surface area (TPSA) is 41.6 Å². The highest BCUT2D eigenvalue weighted by molar-refractivity contribution is 9.10. The van der Waals surface area contributed by atoms with Crippen LogP contribution in [0.15, 0.2) is 28.7 Å². The van der Waals surface area contributed by atoms with Gasteiger partial charge in [-0.15, -0.1) is 12.4 Å². The zero-order chi connectivity index (χ0) is 13.8. The Morgan fingerprint density at radius 1 is 1.45 bits per heavy atom. The molecular formula is C14H20BrClN2O2. The minimum absolute atomic E-state index is 0. The van der Waals surface area contributed by atoms with Gasteiger partial charge < -0.3 is 15.0 Å². The number of amides is 1. The van der Waals surface area contributed by atoms with E-state index in [4.69, 9.17) is 4.74 Å². The van der Waals surface area contributed by atoms with E-state index in [1.54, 1.807) is 7.05 Å². The Bertz CT molecular complexity index is 441. The Morgan fingerprint density at radius 3 is 2.70 bits per heavy atom. The molecule has 0 radical (unpaired) electrons. The molecule has 1 fully saturated rings. The van der Waals surface area contributed by atoms with Crippen LogP contribution in [-0.2, 0) is 9.53 Å². The molecule has 2 atom stereocenters. The Labute approximate surface area is 134 Å². The van der Waals surface area contributed by atoms with Gasteiger partial charge in [0.2, 0.25) is 5.91 Å². The van der Waals surface area contributed by atoms with E-state index in [-0.39, 0.29) is 30.5 Å². The van der Waals surface area contributed by atoms with Gasteiger partial charge in [-0.1, -0.05) is 28.1 Å². The zero-order valence-electron chi connectivity index (χ0n) is 11.6. The van der Waals surface area contributed by atoms with E-state index in [9.17, 15) is 4.79 Å². The van der Waals surface area contributed by atoms with Gasteiger partial charge in [-0.25, -0.2) is 0 Å². The quantitative estimate of drug-likeness (QED) is 0.896. The van der Waals surface area contributed by atoms with Crippen LogP contribution in [0.5, 0.6) is 0 Å². The third-order valence-corrected chi connectivity index (χ3v) is 3.93. The molecule has 1 aromatic carbocycles. The smallest absolute Gasteiger partial charge is 0.236 e. The van der Waals surface area contributed by atoms with Crippen LogP contribution in [-0.4, -0.2) is 43.6 Å². The summed E-state index contributed by atoms with van der Waals surface area (Å²) in [5.74, 6) is 0.125. The summed E-state index contributed by atoms with van der Waals surface area (Å²) in [5, 5.41) is 2.91. The van der Waals surface area contributed by atoms with Crippen molar-refractivity contribution in [3.63, 3.8) is 0 Å². The summed E-state index contributed by atoms with van der Waals surface area (Å²) in [6.07, 6.45) is -0.0531. The zero-order valence-corrected chi connectivity index (χ0v) is 14.0. The molecule has 0 bridgehead atoms. The van der Waals surface area contributed by atoms with Gasteiger partial charge in [0.15, 0.2) is 0 Å². The maximum Gasteiger partial charge on any atom is 0.236 e. The van der Waals surface area contributed by atoms with Gasteiger partial charge >= 0.3 is 0 Å². The molecule has 1 aromatic rings. The number of halogens is 2. The van der Waals surface area contributed by atoms with Gasteiger partial charge in [-0.3, -0.25) is 4.79 Å². The lowest BCUT2D eigenvalue weighted by Gasteiger charge is -2.39. The predicted octanol–water partition coefficient (Wildman–Crippen LogP) is 2.38. The molecule has 1 aliphatic heterocycles. The lowest BCUT2D eigenvalue weighted by molar-refractivity contribution is -0.144. The number of morpholine rings is 1. The van der Waals surface area contributed by atoms with Crippen LogP contribution in [0.3, 0.4) is 0 Å². The van der Waals surface area contributed by atoms with E-state index in [1.807, 2.05) is 36.1 Å². The Hall–Kier alpha value is -0.620. The normalized spacial score (nSPS) is 22.2. The van der Waals surface area contributed by atoms with Crippen LogP contribution in [0.4, 0.5) is 0 Å². The number of likely N-dealkylation sites (N-methyl/N-ethyl adjacent to an activating group) is 1. The van der Waals surface area contributed by atoms with Gasteiger partial charge in [0.1, 0.15) is 6.10 Å². The minimum atomic E-state index is -0.0531. The molecule has 1 aliphatic rings. The number of hydrogen-bond acceptors (Lipinski definition) is 3. The average Bonchev–Trinajstić information content (AvgIpc) is 2.40. The fourth-order valence-corrected chi connectivity index (χ4v) is 2.68. The molecule has 1 heterocycles. The van der Waals surface area contributed by atoms with Crippen LogP contribution in [0, 0.1) is 0 Å². The van der Waals surface area contributed by atoms with E-state index in [1.165, 1.54) is 0 Å². The maximum absolute atomic E-state index is 12.0. The van der Waals surface area contributed by atoms with Crippen LogP contribution in [0.25, 0.3) is 0 Å². The van der Waals surface area contributed by atoms with Crippen molar-refractivity contribution in [2.24, 2.45) is 0 Å². The number of nitrogens with zero attached hydrogens (tertiary/aromatic N) is 1. The third-order valence-electron chi connectivity index (χ3n) is 3.41. The van der Waals surface area contributed by atoms with Crippen molar-refractivity contribution in [2.75, 3.05) is 26.7 Å². The SMILES string of the molecule is CNCC(=O)N1CCOC(c2ccc(Br)cc2)C1C.Cl. The lowest BCUT2D eigenvalue weighted by Crippen LogP contribution is -2.50. The van der Waals surface area contributed by atoms with E-state index in [0.29, 0.717) is 19.7 Å². The molecule has 0 aromatic heterocycles. The number of hydrogen-bond donors (Lipinski definition) is 1. The van der Waals surface area contributed by atoms with Gasteiger partial charge in [-0.2, -0.15) is 0 Å². The standard InChI is InChI=1S/C14H19BrN2O2.ClH/c1-10-14(11-3-5-12(15)6-4-11)19-8-7-17(10)13(18)9-16-2;/h3-6,10,14,16H,7-9H2,1-2H3;1H. The first kappa shape index (κ1) is 17.4. The maximum atomic E-state index is 12.0. The Kier molecular flexibility index (Phi) is 6.95. The van der Waals surface area contributed by atoms with Crippen LogP contribution >= 0.6 is 28.3 Å². The van der Waals surface area contributed by atoms with Crippen molar-refractivity contribution in [1.82, 2.24) is 10.2 Å². The van der Waals surface area contributed by atoms with Crippen LogP contribution in [0.2, 0.25) is 0 Å². The van der Waals surface area contributed by atoms with Crippen molar-refractivity contribution in [2.45, 2.75) is 19.1 Å². The summed E-state index contributed by atoms with van der Waals surface area (Å²) in [7, 11) is 1.79. The van der Waals surface area contributed by atoms with Gasteiger partial charge in [0, 0.05) is 11.0 Å². The number of nitrogens with one attached hydrogen (secondary N) is 1. The highest BCUT2D eigenvalue weighted by Crippen LogP contribution is 2.29. The molecule has 2 rings (SSSR count). The lowest BCUT2D eigenvalue weighted by atomic mass is 10.0. The molecule has 112 valence electrons. The second-order valence-corrected chi connectivity index (χ2v) is 5.62. The average molecular weight is 364 g/mol. The molecule has 0 aliphatic carbocycles. The van der Waals surface area contributed by atoms with Gasteiger partial charge in [-0.05, 0) is 31.7 Å². The predicted molar refractivity (Wildman–Crippen MR) is 85.2 cm³/mol. The molecule has 0 spiro atoms. The van der Waals surface area contributed by atoms with Crippen LogP contribution < -0.4 is 5.32 Å². The third kappa shape index (κ3) is 3.95. The summed E-state index contributed by atoms with van der Waals surface area (Å²) in [4.78, 5) is 13.9. The van der Waals surface area contributed by atoms with Crippen molar-refractivity contribution < 1.29 is 9.53 Å². The molecule has 1 amide bonds. The van der Waals surface area contributed by atoms with Crippen molar-refractivity contribution in [1.29, 1.82) is 0 Å². The number of carbonyl (C=O) groups excluding carboxylic acids is 1.